The first kappa shape index (κ1) is 18.5. The maximum absolute atomic E-state index is 3.68. The molecule has 0 aromatic carbocycles. The minimum atomic E-state index is 1.17. The second-order valence-corrected chi connectivity index (χ2v) is 5.67. The monoisotopic (exact) mass is 267 g/mol. The standard InChI is InChI=1S/C18H37N/c1-4-7-10-13-16-18(15-12-9-6-3)19-17-14-11-8-5-2/h16,19H,4-15,17H2,1-3H3. The fourth-order valence-corrected chi connectivity index (χ4v) is 2.30. The quantitative estimate of drug-likeness (QED) is 0.369. The van der Waals surface area contributed by atoms with Crippen LogP contribution in [0, 0.1) is 0 Å². The van der Waals surface area contributed by atoms with Gasteiger partial charge in [-0.1, -0.05) is 71.8 Å². The SMILES string of the molecule is CCCCCC=C(CCCCC)NCCCCCC. The summed E-state index contributed by atoms with van der Waals surface area (Å²) in [6, 6.07) is 0. The lowest BCUT2D eigenvalue weighted by molar-refractivity contribution is 0.607. The van der Waals surface area contributed by atoms with Gasteiger partial charge in [0.15, 0.2) is 0 Å². The molecule has 0 amide bonds. The zero-order chi connectivity index (χ0) is 14.2. The topological polar surface area (TPSA) is 12.0 Å². The lowest BCUT2D eigenvalue weighted by Crippen LogP contribution is -2.15. The number of hydrogen-bond donors (Lipinski definition) is 1. The van der Waals surface area contributed by atoms with E-state index in [9.17, 15) is 0 Å². The van der Waals surface area contributed by atoms with Crippen molar-refractivity contribution < 1.29 is 0 Å². The number of nitrogens with one attached hydrogen (secondary N) is 1. The second-order valence-electron chi connectivity index (χ2n) is 5.67. The molecule has 0 radical (unpaired) electrons. The summed E-state index contributed by atoms with van der Waals surface area (Å²) in [4.78, 5) is 0. The molecule has 1 heteroatoms. The number of rotatable bonds is 14. The Bertz CT molecular complexity index is 196. The molecule has 0 aromatic heterocycles. The molecule has 0 saturated carbocycles. The first-order chi connectivity index (χ1) is 9.35. The molecule has 0 unspecified atom stereocenters. The zero-order valence-electron chi connectivity index (χ0n) is 13.8. The minimum Gasteiger partial charge on any atom is -0.389 e. The van der Waals surface area contributed by atoms with Crippen LogP contribution in [0.15, 0.2) is 11.8 Å². The van der Waals surface area contributed by atoms with Crippen molar-refractivity contribution in [2.75, 3.05) is 6.54 Å². The van der Waals surface area contributed by atoms with E-state index in [0.29, 0.717) is 0 Å². The van der Waals surface area contributed by atoms with Crippen LogP contribution in [-0.4, -0.2) is 6.54 Å². The average molecular weight is 268 g/mol. The van der Waals surface area contributed by atoms with E-state index in [1.54, 1.807) is 0 Å². The van der Waals surface area contributed by atoms with Crippen molar-refractivity contribution in [3.05, 3.63) is 11.8 Å². The third kappa shape index (κ3) is 13.8. The molecule has 0 aliphatic carbocycles. The Labute approximate surface area is 122 Å². The van der Waals surface area contributed by atoms with Gasteiger partial charge < -0.3 is 5.32 Å². The molecule has 0 heterocycles. The van der Waals surface area contributed by atoms with Gasteiger partial charge >= 0.3 is 0 Å². The highest BCUT2D eigenvalue weighted by atomic mass is 14.9. The van der Waals surface area contributed by atoms with Crippen LogP contribution in [0.2, 0.25) is 0 Å². The van der Waals surface area contributed by atoms with Gasteiger partial charge in [-0.3, -0.25) is 0 Å². The fourth-order valence-electron chi connectivity index (χ4n) is 2.30. The van der Waals surface area contributed by atoms with Crippen LogP contribution in [0.25, 0.3) is 0 Å². The van der Waals surface area contributed by atoms with Gasteiger partial charge in [0.25, 0.3) is 0 Å². The molecule has 19 heavy (non-hydrogen) atoms. The van der Waals surface area contributed by atoms with E-state index in [4.69, 9.17) is 0 Å². The lowest BCUT2D eigenvalue weighted by Gasteiger charge is -2.11. The van der Waals surface area contributed by atoms with E-state index < -0.39 is 0 Å². The fraction of sp³-hybridized carbons (Fsp3) is 0.889. The zero-order valence-corrected chi connectivity index (χ0v) is 13.8. The number of allylic oxidation sites excluding steroid dienone is 2. The van der Waals surface area contributed by atoms with Crippen molar-refractivity contribution in [3.8, 4) is 0 Å². The summed E-state index contributed by atoms with van der Waals surface area (Å²) in [5.41, 5.74) is 1.51. The third-order valence-electron chi connectivity index (χ3n) is 3.63. The number of hydrogen-bond acceptors (Lipinski definition) is 1. The Morgan fingerprint density at radius 2 is 1.37 bits per heavy atom. The second kappa shape index (κ2) is 15.6. The van der Waals surface area contributed by atoms with E-state index in [0.717, 1.165) is 0 Å². The molecule has 114 valence electrons. The van der Waals surface area contributed by atoms with Gasteiger partial charge in [-0.05, 0) is 32.1 Å². The van der Waals surface area contributed by atoms with Gasteiger partial charge in [0, 0.05) is 12.2 Å². The Morgan fingerprint density at radius 3 is 2.05 bits per heavy atom. The molecule has 0 aliphatic heterocycles. The molecule has 0 spiro atoms. The molecule has 1 N–H and O–H groups in total. The van der Waals surface area contributed by atoms with E-state index in [1.807, 2.05) is 0 Å². The Balaban J connectivity index is 3.81. The lowest BCUT2D eigenvalue weighted by atomic mass is 10.1. The highest BCUT2D eigenvalue weighted by Gasteiger charge is 1.97. The highest BCUT2D eigenvalue weighted by molar-refractivity contribution is 4.99. The average Bonchev–Trinajstić information content (AvgIpc) is 2.42. The van der Waals surface area contributed by atoms with Gasteiger partial charge in [0.05, 0.1) is 0 Å². The summed E-state index contributed by atoms with van der Waals surface area (Å²) in [6.45, 7) is 8.00. The molecule has 0 aliphatic rings. The Hall–Kier alpha value is -0.460. The van der Waals surface area contributed by atoms with Crippen LogP contribution in [0.5, 0.6) is 0 Å². The van der Waals surface area contributed by atoms with Crippen molar-refractivity contribution in [3.63, 3.8) is 0 Å². The van der Waals surface area contributed by atoms with Crippen LogP contribution in [0.1, 0.15) is 97.8 Å². The Morgan fingerprint density at radius 1 is 0.737 bits per heavy atom. The van der Waals surface area contributed by atoms with E-state index >= 15 is 0 Å². The van der Waals surface area contributed by atoms with E-state index in [-0.39, 0.29) is 0 Å². The van der Waals surface area contributed by atoms with Crippen LogP contribution in [0.4, 0.5) is 0 Å². The van der Waals surface area contributed by atoms with Crippen molar-refractivity contribution in [1.82, 2.24) is 5.32 Å². The van der Waals surface area contributed by atoms with Gasteiger partial charge in [-0.15, -0.1) is 0 Å². The first-order valence-electron chi connectivity index (χ1n) is 8.78. The smallest absolute Gasteiger partial charge is 0.0143 e. The van der Waals surface area contributed by atoms with Gasteiger partial charge in [0.2, 0.25) is 0 Å². The van der Waals surface area contributed by atoms with Crippen LogP contribution < -0.4 is 5.32 Å². The highest BCUT2D eigenvalue weighted by Crippen LogP contribution is 2.10. The predicted octanol–water partition coefficient (Wildman–Crippen LogP) is 6.20. The molecular weight excluding hydrogens is 230 g/mol. The normalized spacial score (nSPS) is 11.8. The van der Waals surface area contributed by atoms with E-state index in [2.05, 4.69) is 32.2 Å². The van der Waals surface area contributed by atoms with Gasteiger partial charge in [-0.2, -0.15) is 0 Å². The van der Waals surface area contributed by atoms with Crippen molar-refractivity contribution in [1.29, 1.82) is 0 Å². The third-order valence-corrected chi connectivity index (χ3v) is 3.63. The molecule has 0 saturated heterocycles. The van der Waals surface area contributed by atoms with Crippen molar-refractivity contribution >= 4 is 0 Å². The summed E-state index contributed by atoms with van der Waals surface area (Å²) in [5, 5.41) is 3.68. The summed E-state index contributed by atoms with van der Waals surface area (Å²) in [5.74, 6) is 0. The molecule has 0 fully saturated rings. The van der Waals surface area contributed by atoms with Gasteiger partial charge in [0.1, 0.15) is 0 Å². The molecule has 0 aromatic rings. The molecule has 0 atom stereocenters. The van der Waals surface area contributed by atoms with Crippen LogP contribution in [0.3, 0.4) is 0 Å². The van der Waals surface area contributed by atoms with Gasteiger partial charge in [-0.25, -0.2) is 0 Å². The largest absolute Gasteiger partial charge is 0.389 e. The van der Waals surface area contributed by atoms with E-state index in [1.165, 1.54) is 89.3 Å². The summed E-state index contributed by atoms with van der Waals surface area (Å²) < 4.78 is 0. The van der Waals surface area contributed by atoms with Crippen molar-refractivity contribution in [2.24, 2.45) is 0 Å². The molecular formula is C18H37N. The first-order valence-corrected chi connectivity index (χ1v) is 8.78. The number of unbranched alkanes of at least 4 members (excludes halogenated alkanes) is 8. The predicted molar refractivity (Wildman–Crippen MR) is 88.5 cm³/mol. The molecule has 0 bridgehead atoms. The summed E-state index contributed by atoms with van der Waals surface area (Å²) in [6.07, 6.45) is 18.5. The Kier molecular flexibility index (Phi) is 15.2. The maximum atomic E-state index is 3.68. The molecule has 1 nitrogen and oxygen atoms in total. The maximum Gasteiger partial charge on any atom is 0.0143 e. The summed E-state index contributed by atoms with van der Waals surface area (Å²) in [7, 11) is 0. The molecule has 0 rings (SSSR count). The van der Waals surface area contributed by atoms with Crippen LogP contribution >= 0.6 is 0 Å². The minimum absolute atomic E-state index is 1.17. The summed E-state index contributed by atoms with van der Waals surface area (Å²) >= 11 is 0. The van der Waals surface area contributed by atoms with Crippen molar-refractivity contribution in [2.45, 2.75) is 97.8 Å². The van der Waals surface area contributed by atoms with Crippen LogP contribution in [-0.2, 0) is 0 Å².